The molecule has 0 saturated carbocycles. The predicted octanol–water partition coefficient (Wildman–Crippen LogP) is 2.72. The van der Waals surface area contributed by atoms with E-state index in [-0.39, 0.29) is 5.91 Å². The van der Waals surface area contributed by atoms with E-state index in [4.69, 9.17) is 6.42 Å². The summed E-state index contributed by atoms with van der Waals surface area (Å²) in [6.45, 7) is 3.03. The summed E-state index contributed by atoms with van der Waals surface area (Å²) in [5, 5.41) is 0.869. The minimum Gasteiger partial charge on any atom is -0.328 e. The fourth-order valence-corrected chi connectivity index (χ4v) is 2.09. The van der Waals surface area contributed by atoms with Gasteiger partial charge < -0.3 is 4.90 Å². The number of nitrogens with zero attached hydrogens (tertiary/aromatic N) is 2. The van der Waals surface area contributed by atoms with Gasteiger partial charge in [0.15, 0.2) is 0 Å². The Bertz CT molecular complexity index is 623. The van der Waals surface area contributed by atoms with Crippen LogP contribution >= 0.6 is 0 Å². The van der Waals surface area contributed by atoms with Crippen LogP contribution in [-0.4, -0.2) is 28.9 Å². The van der Waals surface area contributed by atoms with Gasteiger partial charge in [-0.25, -0.2) is 0 Å². The Morgan fingerprint density at radius 3 is 2.89 bits per heavy atom. The SMILES string of the molecule is C#CCN(CCC)C(=O)c1ccnc2ccccc12. The van der Waals surface area contributed by atoms with Gasteiger partial charge in [0.25, 0.3) is 5.91 Å². The summed E-state index contributed by atoms with van der Waals surface area (Å²) in [6, 6.07) is 9.39. The Balaban J connectivity index is 2.43. The van der Waals surface area contributed by atoms with E-state index in [1.165, 1.54) is 0 Å². The van der Waals surface area contributed by atoms with E-state index in [1.807, 2.05) is 31.2 Å². The first kappa shape index (κ1) is 13.1. The van der Waals surface area contributed by atoms with E-state index >= 15 is 0 Å². The van der Waals surface area contributed by atoms with E-state index in [1.54, 1.807) is 17.2 Å². The standard InChI is InChI=1S/C16H16N2O/c1-3-11-18(12-4-2)16(19)14-9-10-17-15-8-6-5-7-13(14)15/h1,5-10H,4,11-12H2,2H3. The molecule has 0 atom stereocenters. The molecule has 1 aromatic heterocycles. The monoisotopic (exact) mass is 252 g/mol. The number of hydrogen-bond donors (Lipinski definition) is 0. The third-order valence-corrected chi connectivity index (χ3v) is 2.94. The molecule has 0 N–H and O–H groups in total. The number of carbonyl (C=O) groups excluding carboxylic acids is 1. The normalized spacial score (nSPS) is 10.1. The largest absolute Gasteiger partial charge is 0.328 e. The predicted molar refractivity (Wildman–Crippen MR) is 76.8 cm³/mol. The molecule has 0 unspecified atom stereocenters. The molecular weight excluding hydrogens is 236 g/mol. The molecule has 2 aromatic rings. The van der Waals surface area contributed by atoms with Gasteiger partial charge in [-0.05, 0) is 18.6 Å². The lowest BCUT2D eigenvalue weighted by atomic mass is 10.1. The highest BCUT2D eigenvalue weighted by molar-refractivity contribution is 6.06. The van der Waals surface area contributed by atoms with Crippen LogP contribution < -0.4 is 0 Å². The van der Waals surface area contributed by atoms with Crippen LogP contribution in [0.15, 0.2) is 36.5 Å². The first-order valence-corrected chi connectivity index (χ1v) is 6.34. The van der Waals surface area contributed by atoms with Crippen molar-refractivity contribution >= 4 is 16.8 Å². The number of aromatic nitrogens is 1. The number of benzene rings is 1. The molecule has 0 aliphatic heterocycles. The second-order valence-corrected chi connectivity index (χ2v) is 4.31. The molecule has 0 saturated heterocycles. The van der Waals surface area contributed by atoms with Crippen molar-refractivity contribution in [2.45, 2.75) is 13.3 Å². The molecule has 1 heterocycles. The first-order valence-electron chi connectivity index (χ1n) is 6.34. The van der Waals surface area contributed by atoms with E-state index in [9.17, 15) is 4.79 Å². The average molecular weight is 252 g/mol. The number of amides is 1. The van der Waals surface area contributed by atoms with Crippen LogP contribution in [0.4, 0.5) is 0 Å². The summed E-state index contributed by atoms with van der Waals surface area (Å²) in [4.78, 5) is 18.5. The second-order valence-electron chi connectivity index (χ2n) is 4.31. The molecule has 96 valence electrons. The number of hydrogen-bond acceptors (Lipinski definition) is 2. The summed E-state index contributed by atoms with van der Waals surface area (Å²) in [5.41, 5.74) is 1.49. The Labute approximate surface area is 113 Å². The Kier molecular flexibility index (Phi) is 4.15. The van der Waals surface area contributed by atoms with Crippen molar-refractivity contribution in [1.29, 1.82) is 0 Å². The zero-order chi connectivity index (χ0) is 13.7. The first-order chi connectivity index (χ1) is 9.27. The minimum absolute atomic E-state index is 0.0293. The molecule has 19 heavy (non-hydrogen) atoms. The number of rotatable bonds is 4. The number of terminal acetylenes is 1. The third-order valence-electron chi connectivity index (χ3n) is 2.94. The summed E-state index contributed by atoms with van der Waals surface area (Å²) in [5.74, 6) is 2.51. The van der Waals surface area contributed by atoms with Gasteiger partial charge in [0.05, 0.1) is 17.6 Å². The van der Waals surface area contributed by atoms with E-state index in [0.717, 1.165) is 17.3 Å². The Morgan fingerprint density at radius 2 is 2.16 bits per heavy atom. The molecule has 0 fully saturated rings. The summed E-state index contributed by atoms with van der Waals surface area (Å²) >= 11 is 0. The number of fused-ring (bicyclic) bond motifs is 1. The average Bonchev–Trinajstić information content (AvgIpc) is 2.46. The molecule has 3 nitrogen and oxygen atoms in total. The maximum atomic E-state index is 12.5. The molecule has 1 aromatic carbocycles. The van der Waals surface area contributed by atoms with Crippen LogP contribution in [0.5, 0.6) is 0 Å². The molecule has 0 radical (unpaired) electrons. The molecule has 2 rings (SSSR count). The van der Waals surface area contributed by atoms with Gasteiger partial charge in [0.1, 0.15) is 0 Å². The van der Waals surface area contributed by atoms with Crippen molar-refractivity contribution < 1.29 is 4.79 Å². The second kappa shape index (κ2) is 6.01. The molecule has 1 amide bonds. The summed E-state index contributed by atoms with van der Waals surface area (Å²) in [6.07, 6.45) is 7.88. The quantitative estimate of drug-likeness (QED) is 0.784. The van der Waals surface area contributed by atoms with Crippen molar-refractivity contribution in [2.24, 2.45) is 0 Å². The summed E-state index contributed by atoms with van der Waals surface area (Å²) in [7, 11) is 0. The van der Waals surface area contributed by atoms with E-state index < -0.39 is 0 Å². The maximum Gasteiger partial charge on any atom is 0.255 e. The lowest BCUT2D eigenvalue weighted by Gasteiger charge is -2.20. The zero-order valence-electron chi connectivity index (χ0n) is 11.0. The van der Waals surface area contributed by atoms with E-state index in [0.29, 0.717) is 18.7 Å². The minimum atomic E-state index is -0.0293. The van der Waals surface area contributed by atoms with Crippen molar-refractivity contribution in [2.75, 3.05) is 13.1 Å². The van der Waals surface area contributed by atoms with Crippen LogP contribution in [0, 0.1) is 12.3 Å². The lowest BCUT2D eigenvalue weighted by Crippen LogP contribution is -2.32. The van der Waals surface area contributed by atoms with Gasteiger partial charge in [-0.15, -0.1) is 6.42 Å². The molecule has 3 heteroatoms. The number of pyridine rings is 1. The van der Waals surface area contributed by atoms with E-state index in [2.05, 4.69) is 10.9 Å². The maximum absolute atomic E-state index is 12.5. The van der Waals surface area contributed by atoms with Crippen LogP contribution in [0.1, 0.15) is 23.7 Å². The highest BCUT2D eigenvalue weighted by Gasteiger charge is 2.16. The molecule has 0 aliphatic rings. The van der Waals surface area contributed by atoms with Gasteiger partial charge in [-0.2, -0.15) is 0 Å². The fraction of sp³-hybridized carbons (Fsp3) is 0.250. The topological polar surface area (TPSA) is 33.2 Å². The van der Waals surface area contributed by atoms with Crippen LogP contribution in [0.25, 0.3) is 10.9 Å². The Hall–Kier alpha value is -2.34. The molecule has 0 bridgehead atoms. The summed E-state index contributed by atoms with van der Waals surface area (Å²) < 4.78 is 0. The highest BCUT2D eigenvalue weighted by atomic mass is 16.2. The van der Waals surface area contributed by atoms with Gasteiger partial charge in [0, 0.05) is 18.1 Å². The van der Waals surface area contributed by atoms with Gasteiger partial charge in [-0.1, -0.05) is 31.0 Å². The van der Waals surface area contributed by atoms with Crippen molar-refractivity contribution in [1.82, 2.24) is 9.88 Å². The smallest absolute Gasteiger partial charge is 0.255 e. The lowest BCUT2D eigenvalue weighted by molar-refractivity contribution is 0.0779. The molecular formula is C16H16N2O. The fourth-order valence-electron chi connectivity index (χ4n) is 2.09. The van der Waals surface area contributed by atoms with Gasteiger partial charge >= 0.3 is 0 Å². The van der Waals surface area contributed by atoms with Crippen LogP contribution in [0.3, 0.4) is 0 Å². The molecule has 0 aliphatic carbocycles. The Morgan fingerprint density at radius 1 is 1.37 bits per heavy atom. The van der Waals surface area contributed by atoms with Crippen LogP contribution in [0.2, 0.25) is 0 Å². The highest BCUT2D eigenvalue weighted by Crippen LogP contribution is 2.18. The van der Waals surface area contributed by atoms with Crippen LogP contribution in [-0.2, 0) is 0 Å². The van der Waals surface area contributed by atoms with Gasteiger partial charge in [0.2, 0.25) is 0 Å². The third kappa shape index (κ3) is 2.74. The van der Waals surface area contributed by atoms with Crippen molar-refractivity contribution in [3.63, 3.8) is 0 Å². The number of carbonyl (C=O) groups is 1. The van der Waals surface area contributed by atoms with Crippen molar-refractivity contribution in [3.8, 4) is 12.3 Å². The molecule has 0 spiro atoms. The number of para-hydroxylation sites is 1. The zero-order valence-corrected chi connectivity index (χ0v) is 11.0. The van der Waals surface area contributed by atoms with Gasteiger partial charge in [-0.3, -0.25) is 9.78 Å². The van der Waals surface area contributed by atoms with Crippen molar-refractivity contribution in [3.05, 3.63) is 42.1 Å².